The van der Waals surface area contributed by atoms with Crippen LogP contribution in [0.2, 0.25) is 0 Å². The Morgan fingerprint density at radius 3 is 2.26 bits per heavy atom. The van der Waals surface area contributed by atoms with Gasteiger partial charge in [-0.25, -0.2) is 4.98 Å². The van der Waals surface area contributed by atoms with E-state index in [9.17, 15) is 14.4 Å². The van der Waals surface area contributed by atoms with Crippen LogP contribution in [0.4, 0.5) is 10.8 Å². The van der Waals surface area contributed by atoms with Crippen molar-refractivity contribution in [2.75, 3.05) is 17.7 Å². The number of pyridine rings is 1. The highest BCUT2D eigenvalue weighted by Gasteiger charge is 2.24. The van der Waals surface area contributed by atoms with E-state index in [0.29, 0.717) is 33.4 Å². The zero-order valence-corrected chi connectivity index (χ0v) is 28.4. The lowest BCUT2D eigenvalue weighted by atomic mass is 10.1. The zero-order chi connectivity index (χ0) is 34.7. The molecule has 0 aliphatic heterocycles. The van der Waals surface area contributed by atoms with Gasteiger partial charge in [-0.05, 0) is 71.8 Å². The number of hydrogen-bond donors (Lipinski definition) is 3. The number of para-hydroxylation sites is 1. The highest BCUT2D eigenvalue weighted by Crippen LogP contribution is 2.38. The number of benzene rings is 4. The summed E-state index contributed by atoms with van der Waals surface area (Å²) in [6, 6.07) is 36.5. The number of thiazole rings is 1. The highest BCUT2D eigenvalue weighted by atomic mass is 32.2. The molecule has 2 aromatic heterocycles. The number of thioether (sulfide) groups is 1. The third-order valence-electron chi connectivity index (χ3n) is 7.35. The van der Waals surface area contributed by atoms with E-state index in [4.69, 9.17) is 4.74 Å². The summed E-state index contributed by atoms with van der Waals surface area (Å²) in [7, 11) is 1.61. The van der Waals surface area contributed by atoms with Crippen molar-refractivity contribution < 1.29 is 19.1 Å². The van der Waals surface area contributed by atoms with Gasteiger partial charge in [0.2, 0.25) is 5.91 Å². The van der Waals surface area contributed by atoms with Crippen LogP contribution in [-0.2, 0) is 9.59 Å². The number of hydrogen-bond acceptors (Lipinski definition) is 8. The van der Waals surface area contributed by atoms with Crippen LogP contribution in [0.15, 0.2) is 150 Å². The average Bonchev–Trinajstić information content (AvgIpc) is 3.63. The fourth-order valence-electron chi connectivity index (χ4n) is 4.90. The first-order valence-corrected chi connectivity index (χ1v) is 17.2. The summed E-state index contributed by atoms with van der Waals surface area (Å²) >= 11 is 2.72. The number of methoxy groups -OCH3 is 1. The van der Waals surface area contributed by atoms with Gasteiger partial charge in [0.05, 0.1) is 12.8 Å². The van der Waals surface area contributed by atoms with Gasteiger partial charge in [0, 0.05) is 39.5 Å². The minimum absolute atomic E-state index is 0.0576. The molecule has 6 rings (SSSR count). The summed E-state index contributed by atoms with van der Waals surface area (Å²) in [6.07, 6.45) is 4.79. The molecule has 0 radical (unpaired) electrons. The van der Waals surface area contributed by atoms with Gasteiger partial charge in [0.15, 0.2) is 5.13 Å². The van der Waals surface area contributed by atoms with Gasteiger partial charge >= 0.3 is 0 Å². The van der Waals surface area contributed by atoms with Crippen molar-refractivity contribution in [3.63, 3.8) is 0 Å². The number of amides is 3. The number of carbonyl (C=O) groups excluding carboxylic acids is 3. The Labute approximate surface area is 297 Å². The molecule has 248 valence electrons. The maximum Gasteiger partial charge on any atom is 0.272 e. The largest absolute Gasteiger partial charge is 0.496 e. The van der Waals surface area contributed by atoms with Crippen LogP contribution in [0, 0.1) is 0 Å². The van der Waals surface area contributed by atoms with Crippen molar-refractivity contribution in [2.24, 2.45) is 0 Å². The number of rotatable bonds is 12. The van der Waals surface area contributed by atoms with E-state index in [2.05, 4.69) is 25.9 Å². The van der Waals surface area contributed by atoms with E-state index in [1.165, 1.54) is 23.1 Å². The number of ether oxygens (including phenoxy) is 1. The molecule has 2 heterocycles. The first kappa shape index (κ1) is 33.8. The van der Waals surface area contributed by atoms with E-state index < -0.39 is 17.1 Å². The maximum absolute atomic E-state index is 13.7. The highest BCUT2D eigenvalue weighted by molar-refractivity contribution is 8.00. The summed E-state index contributed by atoms with van der Waals surface area (Å²) in [6.45, 7) is 0. The molecular formula is C39H31N5O4S2. The Bertz CT molecular complexity index is 2110. The summed E-state index contributed by atoms with van der Waals surface area (Å²) in [4.78, 5) is 49.7. The lowest BCUT2D eigenvalue weighted by molar-refractivity contribution is -0.116. The SMILES string of the molecule is COc1ccccc1-c1csc(NC(=O)C(Sc2ccc(NC(=O)/C(=C/c3cccnc3)NC(=O)c3ccccc3)cc2)c2ccccc2)n1. The number of carbonyl (C=O) groups is 3. The van der Waals surface area contributed by atoms with Gasteiger partial charge in [-0.1, -0.05) is 66.7 Å². The Kier molecular flexibility index (Phi) is 11.1. The average molecular weight is 698 g/mol. The van der Waals surface area contributed by atoms with Gasteiger partial charge < -0.3 is 20.7 Å². The molecule has 0 spiro atoms. The van der Waals surface area contributed by atoms with Crippen LogP contribution in [0.25, 0.3) is 17.3 Å². The number of aromatic nitrogens is 2. The van der Waals surface area contributed by atoms with Crippen molar-refractivity contribution >= 4 is 57.7 Å². The minimum atomic E-state index is -0.586. The van der Waals surface area contributed by atoms with Crippen LogP contribution in [-0.4, -0.2) is 34.8 Å². The molecule has 9 nitrogen and oxygen atoms in total. The Balaban J connectivity index is 1.16. The van der Waals surface area contributed by atoms with Crippen LogP contribution in [0.1, 0.15) is 26.7 Å². The molecule has 4 aromatic carbocycles. The lowest BCUT2D eigenvalue weighted by Gasteiger charge is -2.17. The molecule has 0 fully saturated rings. The molecule has 3 amide bonds. The van der Waals surface area contributed by atoms with E-state index in [1.54, 1.807) is 74.1 Å². The number of nitrogens with one attached hydrogen (secondary N) is 3. The van der Waals surface area contributed by atoms with E-state index in [-0.39, 0.29) is 11.6 Å². The predicted molar refractivity (Wildman–Crippen MR) is 199 cm³/mol. The molecule has 1 unspecified atom stereocenters. The predicted octanol–water partition coefficient (Wildman–Crippen LogP) is 8.10. The summed E-state index contributed by atoms with van der Waals surface area (Å²) in [5.74, 6) is -0.442. The molecule has 3 N–H and O–H groups in total. The molecule has 6 aromatic rings. The second kappa shape index (κ2) is 16.4. The van der Waals surface area contributed by atoms with E-state index in [1.807, 2.05) is 78.2 Å². The lowest BCUT2D eigenvalue weighted by Crippen LogP contribution is -2.30. The molecule has 0 saturated heterocycles. The molecular weight excluding hydrogens is 667 g/mol. The van der Waals surface area contributed by atoms with Crippen LogP contribution >= 0.6 is 23.1 Å². The second-order valence-corrected chi connectivity index (χ2v) is 12.8. The molecule has 50 heavy (non-hydrogen) atoms. The Morgan fingerprint density at radius 1 is 0.820 bits per heavy atom. The van der Waals surface area contributed by atoms with Gasteiger partial charge in [-0.2, -0.15) is 0 Å². The first-order chi connectivity index (χ1) is 24.5. The number of anilines is 2. The maximum atomic E-state index is 13.7. The smallest absolute Gasteiger partial charge is 0.272 e. The topological polar surface area (TPSA) is 122 Å². The van der Waals surface area contributed by atoms with Gasteiger partial charge in [-0.15, -0.1) is 23.1 Å². The summed E-state index contributed by atoms with van der Waals surface area (Å²) in [5, 5.41) is 10.4. The fourth-order valence-corrected chi connectivity index (χ4v) is 6.64. The molecule has 0 aliphatic rings. The van der Waals surface area contributed by atoms with Crippen molar-refractivity contribution in [1.82, 2.24) is 15.3 Å². The minimum Gasteiger partial charge on any atom is -0.496 e. The Morgan fingerprint density at radius 2 is 1.54 bits per heavy atom. The summed E-state index contributed by atoms with van der Waals surface area (Å²) < 4.78 is 5.48. The molecule has 0 bridgehead atoms. The van der Waals surface area contributed by atoms with Crippen molar-refractivity contribution in [1.29, 1.82) is 0 Å². The Hall–Kier alpha value is -6.04. The van der Waals surface area contributed by atoms with Crippen molar-refractivity contribution in [2.45, 2.75) is 10.1 Å². The second-order valence-electron chi connectivity index (χ2n) is 10.8. The molecule has 0 saturated carbocycles. The zero-order valence-electron chi connectivity index (χ0n) is 26.8. The molecule has 0 aliphatic carbocycles. The van der Waals surface area contributed by atoms with Gasteiger partial charge in [0.1, 0.15) is 16.7 Å². The monoisotopic (exact) mass is 697 g/mol. The fraction of sp³-hybridized carbons (Fsp3) is 0.0513. The quantitative estimate of drug-likeness (QED) is 0.0873. The number of nitrogens with zero attached hydrogens (tertiary/aromatic N) is 2. The van der Waals surface area contributed by atoms with E-state index >= 15 is 0 Å². The standard InChI is InChI=1S/C39H31N5O4S2/c1-48-34-17-9-8-16-31(34)33-25-49-39(43-33)44-38(47)35(27-12-4-2-5-13-27)50-30-20-18-29(19-21-30)41-37(46)32(23-26-11-10-22-40-24-26)42-36(45)28-14-6-3-7-15-28/h2-25,35H,1H3,(H,41,46)(H,42,45)(H,43,44,47)/b32-23-. The van der Waals surface area contributed by atoms with Gasteiger partial charge in [-0.3, -0.25) is 19.4 Å². The van der Waals surface area contributed by atoms with Crippen LogP contribution in [0.3, 0.4) is 0 Å². The van der Waals surface area contributed by atoms with E-state index in [0.717, 1.165) is 16.0 Å². The van der Waals surface area contributed by atoms with Crippen LogP contribution in [0.5, 0.6) is 5.75 Å². The third-order valence-corrected chi connectivity index (χ3v) is 9.37. The normalized spacial score (nSPS) is 11.7. The molecule has 1 atom stereocenters. The van der Waals surface area contributed by atoms with Crippen LogP contribution < -0.4 is 20.7 Å². The van der Waals surface area contributed by atoms with Crippen molar-refractivity contribution in [3.8, 4) is 17.0 Å². The molecule has 11 heteroatoms. The third kappa shape index (κ3) is 8.70. The van der Waals surface area contributed by atoms with Gasteiger partial charge in [0.25, 0.3) is 11.8 Å². The van der Waals surface area contributed by atoms with Crippen molar-refractivity contribution in [3.05, 3.63) is 161 Å². The first-order valence-electron chi connectivity index (χ1n) is 15.5. The summed E-state index contributed by atoms with van der Waals surface area (Å²) in [5.41, 5.74) is 4.01.